The maximum atomic E-state index is 14.5. The molecule has 0 radical (unpaired) electrons. The van der Waals surface area contributed by atoms with Gasteiger partial charge in [0.2, 0.25) is 11.4 Å². The van der Waals surface area contributed by atoms with Crippen LogP contribution in [0.25, 0.3) is 0 Å². The number of imide groups is 1. The van der Waals surface area contributed by atoms with Gasteiger partial charge in [0.25, 0.3) is 11.8 Å². The van der Waals surface area contributed by atoms with E-state index in [0.717, 1.165) is 19.8 Å². The minimum absolute atomic E-state index is 0.0189. The van der Waals surface area contributed by atoms with E-state index in [1.807, 2.05) is 0 Å². The molecule has 1 aromatic carbocycles. The van der Waals surface area contributed by atoms with E-state index in [1.165, 1.54) is 24.3 Å². The van der Waals surface area contributed by atoms with Gasteiger partial charge in [0.05, 0.1) is 12.5 Å². The molecule has 0 spiro atoms. The van der Waals surface area contributed by atoms with Crippen molar-refractivity contribution in [1.82, 2.24) is 20.4 Å². The number of carboxylic acids is 2. The van der Waals surface area contributed by atoms with Crippen molar-refractivity contribution in [1.29, 1.82) is 0 Å². The molecule has 48 heavy (non-hydrogen) atoms. The summed E-state index contributed by atoms with van der Waals surface area (Å²) in [5, 5.41) is 24.4. The van der Waals surface area contributed by atoms with Crippen LogP contribution in [-0.2, 0) is 28.8 Å². The molecule has 0 bridgehead atoms. The van der Waals surface area contributed by atoms with Crippen molar-refractivity contribution in [2.75, 3.05) is 26.2 Å². The fraction of sp³-hybridized carbons (Fsp3) is 0.533. The minimum Gasteiger partial charge on any atom is -0.481 e. The minimum atomic E-state index is -2.93. The van der Waals surface area contributed by atoms with Crippen LogP contribution in [-0.4, -0.2) is 111 Å². The number of amides is 5. The normalized spacial score (nSPS) is 16.6. The summed E-state index contributed by atoms with van der Waals surface area (Å²) in [6.07, 6.45) is 1.80. The third-order valence-corrected chi connectivity index (χ3v) is 7.76. The Labute approximate surface area is 277 Å². The number of unbranched alkanes of at least 4 members (excludes halogenated alkanes) is 3. The lowest BCUT2D eigenvalue weighted by molar-refractivity contribution is -0.165. The van der Waals surface area contributed by atoms with E-state index in [-0.39, 0.29) is 37.5 Å². The highest BCUT2D eigenvalue weighted by Crippen LogP contribution is 2.41. The van der Waals surface area contributed by atoms with Gasteiger partial charge in [-0.2, -0.15) is 0 Å². The van der Waals surface area contributed by atoms with Crippen molar-refractivity contribution < 1.29 is 43.8 Å². The number of nitrogens with two attached hydrogens (primary N) is 4. The van der Waals surface area contributed by atoms with Crippen LogP contribution in [0.15, 0.2) is 35.3 Å². The molecule has 0 saturated carbocycles. The van der Waals surface area contributed by atoms with Crippen LogP contribution < -0.4 is 33.6 Å². The number of guanidine groups is 1. The molecule has 5 amide bonds. The SMILES string of the molecule is CC(=O)[C@@](C(=O)NCCCCCCN)(C(c1ccccc1)N1C(=O)N[C@@H](CCCN=C(N)N)C1=O)N(CC(=O)O)C(=O)[C@@H](N)CC(=O)O. The highest BCUT2D eigenvalue weighted by Gasteiger charge is 2.63. The summed E-state index contributed by atoms with van der Waals surface area (Å²) in [6.45, 7) is 0.140. The van der Waals surface area contributed by atoms with Gasteiger partial charge in [-0.3, -0.25) is 38.7 Å². The number of ketones is 1. The Hall–Kier alpha value is -5.10. The number of benzene rings is 1. The summed E-state index contributed by atoms with van der Waals surface area (Å²) < 4.78 is 0. The first-order valence-corrected chi connectivity index (χ1v) is 15.4. The summed E-state index contributed by atoms with van der Waals surface area (Å²) in [5.74, 6) is -7.95. The van der Waals surface area contributed by atoms with Crippen molar-refractivity contribution in [3.05, 3.63) is 35.9 Å². The van der Waals surface area contributed by atoms with Crippen LogP contribution in [0.1, 0.15) is 63.5 Å². The molecule has 1 fully saturated rings. The molecule has 264 valence electrons. The number of aliphatic carboxylic acids is 2. The van der Waals surface area contributed by atoms with Crippen LogP contribution >= 0.6 is 0 Å². The quantitative estimate of drug-likeness (QED) is 0.0239. The van der Waals surface area contributed by atoms with Gasteiger partial charge in [0, 0.05) is 13.1 Å². The Kier molecular flexibility index (Phi) is 14.9. The molecular formula is C30H45N9O9. The van der Waals surface area contributed by atoms with Gasteiger partial charge >= 0.3 is 18.0 Å². The maximum absolute atomic E-state index is 14.5. The number of nitrogens with one attached hydrogen (secondary N) is 2. The predicted octanol–water partition coefficient (Wildman–Crippen LogP) is -1.62. The molecule has 1 unspecified atom stereocenters. The Morgan fingerprint density at radius 3 is 2.23 bits per heavy atom. The van der Waals surface area contributed by atoms with Crippen molar-refractivity contribution in [2.24, 2.45) is 27.9 Å². The first-order valence-electron chi connectivity index (χ1n) is 15.4. The molecule has 0 aliphatic carbocycles. The second-order valence-corrected chi connectivity index (χ2v) is 11.3. The van der Waals surface area contributed by atoms with Gasteiger partial charge in [0.1, 0.15) is 18.6 Å². The molecule has 4 atom stereocenters. The first-order chi connectivity index (χ1) is 22.7. The number of hydrogen-bond donors (Lipinski definition) is 8. The van der Waals surface area contributed by atoms with Gasteiger partial charge < -0.3 is 48.7 Å². The van der Waals surface area contributed by atoms with Gasteiger partial charge in [-0.15, -0.1) is 0 Å². The molecule has 18 nitrogen and oxygen atoms in total. The average molecular weight is 676 g/mol. The van der Waals surface area contributed by atoms with Crippen molar-refractivity contribution in [3.8, 4) is 0 Å². The van der Waals surface area contributed by atoms with Crippen molar-refractivity contribution in [2.45, 2.75) is 75.5 Å². The van der Waals surface area contributed by atoms with Gasteiger partial charge in [-0.05, 0) is 44.7 Å². The molecular weight excluding hydrogens is 630 g/mol. The number of carboxylic acid groups (broad SMARTS) is 2. The molecule has 1 aliphatic rings. The van der Waals surface area contributed by atoms with Gasteiger partial charge in [-0.25, -0.2) is 4.79 Å². The Balaban J connectivity index is 2.84. The highest BCUT2D eigenvalue weighted by atomic mass is 16.4. The highest BCUT2D eigenvalue weighted by molar-refractivity contribution is 6.16. The Morgan fingerprint density at radius 2 is 1.67 bits per heavy atom. The van der Waals surface area contributed by atoms with E-state index in [0.29, 0.717) is 29.2 Å². The second-order valence-electron chi connectivity index (χ2n) is 11.3. The van der Waals surface area contributed by atoms with E-state index in [4.69, 9.17) is 22.9 Å². The number of Topliss-reactive ketones (excluding diaryl/α,β-unsaturated/α-hetero) is 1. The van der Waals surface area contributed by atoms with Crippen LogP contribution in [0.5, 0.6) is 0 Å². The standard InChI is InChI=1S/C30H45N9O9/c1-18(40)30(27(47)35-14-8-3-2-7-13-31,38(17-23(43)44)25(45)20(32)16-22(41)42)24(19-10-5-4-6-11-19)39-26(46)21(37-29(39)48)12-9-15-36-28(33)34/h4-6,10-11,20-21,24H,2-3,7-9,12-17,31-32H2,1H3,(H,35,47)(H,37,48)(H,41,42)(H,43,44)(H4,33,34,36)/t20-,21-,24?,30-/m0/s1. The molecule has 12 N–H and O–H groups in total. The smallest absolute Gasteiger partial charge is 0.325 e. The average Bonchev–Trinajstić information content (AvgIpc) is 3.29. The van der Waals surface area contributed by atoms with E-state index >= 15 is 0 Å². The third-order valence-electron chi connectivity index (χ3n) is 7.76. The Morgan fingerprint density at radius 1 is 1.02 bits per heavy atom. The number of urea groups is 1. The molecule has 1 aromatic rings. The maximum Gasteiger partial charge on any atom is 0.325 e. The molecule has 1 heterocycles. The van der Waals surface area contributed by atoms with Crippen LogP contribution in [0, 0.1) is 0 Å². The zero-order valence-electron chi connectivity index (χ0n) is 26.8. The molecule has 18 heteroatoms. The summed E-state index contributed by atoms with van der Waals surface area (Å²) in [4.78, 5) is 98.7. The molecule has 1 aliphatic heterocycles. The second kappa shape index (κ2) is 18.3. The number of aliphatic imine (C=N–C) groups is 1. The largest absolute Gasteiger partial charge is 0.481 e. The number of hydrogen-bond acceptors (Lipinski definition) is 10. The summed E-state index contributed by atoms with van der Waals surface area (Å²) in [6, 6.07) is 1.34. The molecule has 1 saturated heterocycles. The number of carbonyl (C=O) groups is 7. The van der Waals surface area contributed by atoms with E-state index in [1.54, 1.807) is 6.07 Å². The van der Waals surface area contributed by atoms with E-state index < -0.39 is 78.1 Å². The fourth-order valence-electron chi connectivity index (χ4n) is 5.59. The lowest BCUT2D eigenvalue weighted by Crippen LogP contribution is -2.73. The summed E-state index contributed by atoms with van der Waals surface area (Å²) in [5.41, 5.74) is 19.3. The van der Waals surface area contributed by atoms with Crippen LogP contribution in [0.3, 0.4) is 0 Å². The Bertz CT molecular complexity index is 1370. The van der Waals surface area contributed by atoms with E-state index in [9.17, 15) is 43.8 Å². The van der Waals surface area contributed by atoms with E-state index in [2.05, 4.69) is 15.6 Å². The topological polar surface area (TPSA) is 307 Å². The fourth-order valence-corrected chi connectivity index (χ4v) is 5.59. The zero-order valence-corrected chi connectivity index (χ0v) is 26.8. The lowest BCUT2D eigenvalue weighted by Gasteiger charge is -2.47. The van der Waals surface area contributed by atoms with Crippen LogP contribution in [0.2, 0.25) is 0 Å². The lowest BCUT2D eigenvalue weighted by atomic mass is 9.77. The van der Waals surface area contributed by atoms with Crippen molar-refractivity contribution >= 4 is 47.4 Å². The molecule has 0 aromatic heterocycles. The van der Waals surface area contributed by atoms with Gasteiger partial charge in [-0.1, -0.05) is 43.2 Å². The first kappa shape index (κ1) is 39.1. The number of rotatable bonds is 21. The number of nitrogens with zero attached hydrogens (tertiary/aromatic N) is 3. The number of carbonyl (C=O) groups excluding carboxylic acids is 5. The van der Waals surface area contributed by atoms with Gasteiger partial charge in [0.15, 0.2) is 11.7 Å². The summed E-state index contributed by atoms with van der Waals surface area (Å²) in [7, 11) is 0. The molecule has 2 rings (SSSR count). The monoisotopic (exact) mass is 675 g/mol. The zero-order chi connectivity index (χ0) is 36.0. The third kappa shape index (κ3) is 9.71. The van der Waals surface area contributed by atoms with Crippen molar-refractivity contribution in [3.63, 3.8) is 0 Å². The van der Waals surface area contributed by atoms with Crippen LogP contribution in [0.4, 0.5) is 4.79 Å². The predicted molar refractivity (Wildman–Crippen MR) is 172 cm³/mol. The summed E-state index contributed by atoms with van der Waals surface area (Å²) >= 11 is 0.